The van der Waals surface area contributed by atoms with Crippen LogP contribution in [0.4, 0.5) is 5.95 Å². The zero-order valence-corrected chi connectivity index (χ0v) is 9.89. The molecule has 3 aromatic heterocycles. The molecular formula is C11H8N4O2S. The number of nitrogens with two attached hydrogens (primary N) is 1. The molecule has 3 heterocycles. The monoisotopic (exact) mass is 260 g/mol. The molecule has 0 aliphatic rings. The molecule has 3 N–H and O–H groups in total. The molecule has 0 atom stereocenters. The molecule has 0 fully saturated rings. The van der Waals surface area contributed by atoms with Gasteiger partial charge in [-0.05, 0) is 23.6 Å². The molecule has 0 radical (unpaired) electrons. The minimum atomic E-state index is -1.06. The second kappa shape index (κ2) is 3.81. The Bertz CT molecular complexity index is 733. The molecule has 0 aliphatic heterocycles. The maximum Gasteiger partial charge on any atom is 0.355 e. The molecular weight excluding hydrogens is 252 g/mol. The summed E-state index contributed by atoms with van der Waals surface area (Å²) in [7, 11) is 0. The molecule has 18 heavy (non-hydrogen) atoms. The first-order valence-corrected chi connectivity index (χ1v) is 5.97. The zero-order chi connectivity index (χ0) is 12.7. The molecule has 0 saturated heterocycles. The van der Waals surface area contributed by atoms with Gasteiger partial charge in [0.05, 0.1) is 0 Å². The summed E-state index contributed by atoms with van der Waals surface area (Å²) in [6.45, 7) is 0. The first-order chi connectivity index (χ1) is 8.66. The first kappa shape index (κ1) is 10.7. The Morgan fingerprint density at radius 1 is 1.39 bits per heavy atom. The van der Waals surface area contributed by atoms with Crippen LogP contribution in [-0.2, 0) is 0 Å². The third-order valence-electron chi connectivity index (χ3n) is 2.50. The van der Waals surface area contributed by atoms with Crippen LogP contribution in [0, 0.1) is 0 Å². The van der Waals surface area contributed by atoms with E-state index in [1.165, 1.54) is 15.9 Å². The van der Waals surface area contributed by atoms with Gasteiger partial charge in [0.15, 0.2) is 11.3 Å². The molecule has 0 aromatic carbocycles. The highest BCUT2D eigenvalue weighted by atomic mass is 32.1. The van der Waals surface area contributed by atoms with Gasteiger partial charge in [-0.15, -0.1) is 16.4 Å². The number of rotatable bonds is 2. The number of anilines is 1. The molecule has 0 aliphatic carbocycles. The summed E-state index contributed by atoms with van der Waals surface area (Å²) in [4.78, 5) is 16.2. The predicted octanol–water partition coefficient (Wildman–Crippen LogP) is 1.74. The van der Waals surface area contributed by atoms with Crippen molar-refractivity contribution in [3.8, 4) is 10.4 Å². The molecule has 3 rings (SSSR count). The average Bonchev–Trinajstić information content (AvgIpc) is 2.93. The van der Waals surface area contributed by atoms with Gasteiger partial charge in [0, 0.05) is 10.4 Å². The Hall–Kier alpha value is -2.41. The van der Waals surface area contributed by atoms with Gasteiger partial charge >= 0.3 is 5.97 Å². The third kappa shape index (κ3) is 1.52. The van der Waals surface area contributed by atoms with Crippen LogP contribution in [-0.4, -0.2) is 25.7 Å². The summed E-state index contributed by atoms with van der Waals surface area (Å²) < 4.78 is 1.26. The SMILES string of the molecule is Nc1nc2ccc(-c3cccs3)c(C(=O)O)n2n1. The number of nitrogens with zero attached hydrogens (tertiary/aromatic N) is 3. The van der Waals surface area contributed by atoms with Crippen LogP contribution in [0.1, 0.15) is 10.5 Å². The standard InChI is InChI=1S/C11H8N4O2S/c12-11-13-8-4-3-6(7-2-1-5-18-7)9(10(16)17)15(8)14-11/h1-5H,(H2,12,14)(H,16,17). The van der Waals surface area contributed by atoms with E-state index in [2.05, 4.69) is 10.1 Å². The highest BCUT2D eigenvalue weighted by Crippen LogP contribution is 2.28. The molecule has 0 bridgehead atoms. The topological polar surface area (TPSA) is 93.5 Å². The lowest BCUT2D eigenvalue weighted by Crippen LogP contribution is -2.08. The number of thiophene rings is 1. The van der Waals surface area contributed by atoms with Gasteiger partial charge < -0.3 is 10.8 Å². The van der Waals surface area contributed by atoms with E-state index >= 15 is 0 Å². The summed E-state index contributed by atoms with van der Waals surface area (Å²) in [6.07, 6.45) is 0. The van der Waals surface area contributed by atoms with E-state index in [4.69, 9.17) is 5.73 Å². The van der Waals surface area contributed by atoms with Gasteiger partial charge in [-0.2, -0.15) is 4.98 Å². The van der Waals surface area contributed by atoms with Gasteiger partial charge in [0.2, 0.25) is 5.95 Å². The summed E-state index contributed by atoms with van der Waals surface area (Å²) in [5, 5.41) is 15.1. The minimum absolute atomic E-state index is 0.0563. The number of carboxylic acid groups (broad SMARTS) is 1. The van der Waals surface area contributed by atoms with Crippen LogP contribution in [0.5, 0.6) is 0 Å². The number of hydrogen-bond donors (Lipinski definition) is 2. The maximum atomic E-state index is 11.4. The minimum Gasteiger partial charge on any atom is -0.476 e. The molecule has 0 spiro atoms. The number of hydrogen-bond acceptors (Lipinski definition) is 5. The number of aromatic carboxylic acids is 1. The van der Waals surface area contributed by atoms with E-state index in [-0.39, 0.29) is 11.6 Å². The van der Waals surface area contributed by atoms with E-state index in [1.54, 1.807) is 12.1 Å². The van der Waals surface area contributed by atoms with Crippen LogP contribution in [0.15, 0.2) is 29.6 Å². The number of nitrogen functional groups attached to an aromatic ring is 1. The smallest absolute Gasteiger partial charge is 0.355 e. The third-order valence-corrected chi connectivity index (χ3v) is 3.41. The Labute approximate surface area is 105 Å². The average molecular weight is 260 g/mol. The van der Waals surface area contributed by atoms with Gasteiger partial charge in [-0.1, -0.05) is 6.07 Å². The number of carbonyl (C=O) groups is 1. The lowest BCUT2D eigenvalue weighted by atomic mass is 10.1. The fraction of sp³-hybridized carbons (Fsp3) is 0. The van der Waals surface area contributed by atoms with Crippen molar-refractivity contribution in [2.45, 2.75) is 0 Å². The summed E-state index contributed by atoms with van der Waals surface area (Å²) in [6, 6.07) is 7.15. The summed E-state index contributed by atoms with van der Waals surface area (Å²) in [5.41, 5.74) is 6.59. The lowest BCUT2D eigenvalue weighted by Gasteiger charge is -2.05. The zero-order valence-electron chi connectivity index (χ0n) is 9.07. The number of carboxylic acids is 1. The van der Waals surface area contributed by atoms with Crippen molar-refractivity contribution in [2.24, 2.45) is 0 Å². The number of aromatic nitrogens is 3. The first-order valence-electron chi connectivity index (χ1n) is 5.09. The van der Waals surface area contributed by atoms with Crippen LogP contribution in [0.3, 0.4) is 0 Å². The fourth-order valence-corrected chi connectivity index (χ4v) is 2.55. The second-order valence-electron chi connectivity index (χ2n) is 3.62. The molecule has 90 valence electrons. The Morgan fingerprint density at radius 2 is 2.22 bits per heavy atom. The second-order valence-corrected chi connectivity index (χ2v) is 4.57. The number of fused-ring (bicyclic) bond motifs is 1. The summed E-state index contributed by atoms with van der Waals surface area (Å²) >= 11 is 1.47. The van der Waals surface area contributed by atoms with E-state index in [1.807, 2.05) is 17.5 Å². The van der Waals surface area contributed by atoms with Crippen molar-refractivity contribution in [2.75, 3.05) is 5.73 Å². The Morgan fingerprint density at radius 3 is 2.89 bits per heavy atom. The van der Waals surface area contributed by atoms with Crippen LogP contribution in [0.2, 0.25) is 0 Å². The highest BCUT2D eigenvalue weighted by Gasteiger charge is 2.18. The van der Waals surface area contributed by atoms with Crippen molar-refractivity contribution in [3.05, 3.63) is 35.3 Å². The van der Waals surface area contributed by atoms with Gasteiger partial charge in [-0.25, -0.2) is 9.31 Å². The molecule has 7 heteroatoms. The highest BCUT2D eigenvalue weighted by molar-refractivity contribution is 7.13. The lowest BCUT2D eigenvalue weighted by molar-refractivity contribution is 0.0688. The van der Waals surface area contributed by atoms with Crippen molar-refractivity contribution >= 4 is 28.9 Å². The Kier molecular flexibility index (Phi) is 2.27. The van der Waals surface area contributed by atoms with Gasteiger partial charge in [0.25, 0.3) is 0 Å². The van der Waals surface area contributed by atoms with E-state index in [9.17, 15) is 9.90 Å². The van der Waals surface area contributed by atoms with Gasteiger partial charge in [0.1, 0.15) is 0 Å². The van der Waals surface area contributed by atoms with Gasteiger partial charge in [-0.3, -0.25) is 0 Å². The van der Waals surface area contributed by atoms with Crippen molar-refractivity contribution in [1.29, 1.82) is 0 Å². The van der Waals surface area contributed by atoms with Crippen molar-refractivity contribution in [1.82, 2.24) is 14.6 Å². The largest absolute Gasteiger partial charge is 0.476 e. The molecule has 0 unspecified atom stereocenters. The molecule has 0 saturated carbocycles. The summed E-state index contributed by atoms with van der Waals surface area (Å²) in [5.74, 6) is -1.00. The van der Waals surface area contributed by atoms with E-state index in [0.717, 1.165) is 4.88 Å². The van der Waals surface area contributed by atoms with Crippen LogP contribution in [0.25, 0.3) is 16.1 Å². The van der Waals surface area contributed by atoms with Crippen LogP contribution < -0.4 is 5.73 Å². The normalized spacial score (nSPS) is 10.9. The van der Waals surface area contributed by atoms with Crippen molar-refractivity contribution in [3.63, 3.8) is 0 Å². The molecule has 6 nitrogen and oxygen atoms in total. The maximum absolute atomic E-state index is 11.4. The van der Waals surface area contributed by atoms with E-state index < -0.39 is 5.97 Å². The Balaban J connectivity index is 2.38. The predicted molar refractivity (Wildman–Crippen MR) is 67.7 cm³/mol. The van der Waals surface area contributed by atoms with E-state index in [0.29, 0.717) is 11.2 Å². The van der Waals surface area contributed by atoms with Crippen LogP contribution >= 0.6 is 11.3 Å². The number of pyridine rings is 1. The molecule has 0 amide bonds. The quantitative estimate of drug-likeness (QED) is 0.732. The fourth-order valence-electron chi connectivity index (χ4n) is 1.80. The molecule has 3 aromatic rings. The van der Waals surface area contributed by atoms with Crippen molar-refractivity contribution < 1.29 is 9.90 Å².